The van der Waals surface area contributed by atoms with Crippen LogP contribution < -0.4 is 15.1 Å². The van der Waals surface area contributed by atoms with Gasteiger partial charge in [0.05, 0.1) is 17.1 Å². The minimum atomic E-state index is -0.574. The molecule has 0 radical (unpaired) electrons. The Balaban J connectivity index is 1.46. The summed E-state index contributed by atoms with van der Waals surface area (Å²) in [5, 5.41) is 3.59. The molecule has 0 bridgehead atoms. The van der Waals surface area contributed by atoms with Crippen molar-refractivity contribution in [3.63, 3.8) is 0 Å². The van der Waals surface area contributed by atoms with E-state index >= 15 is 0 Å². The summed E-state index contributed by atoms with van der Waals surface area (Å²) in [5.41, 5.74) is 2.48. The van der Waals surface area contributed by atoms with Gasteiger partial charge in [0, 0.05) is 24.5 Å². The van der Waals surface area contributed by atoms with E-state index in [-0.39, 0.29) is 18.2 Å². The molecule has 5 nitrogen and oxygen atoms in total. The number of anilines is 3. The summed E-state index contributed by atoms with van der Waals surface area (Å²) >= 11 is 6.16. The topological polar surface area (TPSA) is 52.7 Å². The van der Waals surface area contributed by atoms with Crippen molar-refractivity contribution >= 4 is 40.5 Å². The molecule has 2 aliphatic heterocycles. The van der Waals surface area contributed by atoms with Gasteiger partial charge in [-0.15, -0.1) is 0 Å². The summed E-state index contributed by atoms with van der Waals surface area (Å²) in [7, 11) is 0. The van der Waals surface area contributed by atoms with Gasteiger partial charge in [-0.1, -0.05) is 23.7 Å². The van der Waals surface area contributed by atoms with Crippen LogP contribution in [0.2, 0.25) is 5.02 Å². The number of amides is 2. The highest BCUT2D eigenvalue weighted by Gasteiger charge is 2.40. The molecule has 0 unspecified atom stereocenters. The molecule has 2 fully saturated rings. The molecule has 27 heavy (non-hydrogen) atoms. The minimum Gasteiger partial charge on any atom is -0.373 e. The summed E-state index contributed by atoms with van der Waals surface area (Å²) in [5.74, 6) is -0.510. The van der Waals surface area contributed by atoms with Gasteiger partial charge in [-0.3, -0.25) is 9.59 Å². The van der Waals surface area contributed by atoms with Gasteiger partial charge in [-0.2, -0.15) is 0 Å². The fourth-order valence-electron chi connectivity index (χ4n) is 3.75. The second-order valence-corrected chi connectivity index (χ2v) is 7.42. The maximum absolute atomic E-state index is 12.8. The molecule has 140 valence electrons. The number of rotatable bonds is 4. The van der Waals surface area contributed by atoms with E-state index in [1.807, 2.05) is 12.1 Å². The lowest BCUT2D eigenvalue weighted by Gasteiger charge is -2.29. The highest BCUT2D eigenvalue weighted by Crippen LogP contribution is 2.31. The smallest absolute Gasteiger partial charge is 0.256 e. The summed E-state index contributed by atoms with van der Waals surface area (Å²) < 4.78 is 0. The monoisotopic (exact) mass is 383 g/mol. The van der Waals surface area contributed by atoms with Gasteiger partial charge in [-0.05, 0) is 55.7 Å². The number of halogens is 1. The number of hydrogen-bond acceptors (Lipinski definition) is 4. The van der Waals surface area contributed by atoms with Crippen molar-refractivity contribution in [3.05, 3.63) is 53.6 Å². The predicted octanol–water partition coefficient (Wildman–Crippen LogP) is 4.07. The quantitative estimate of drug-likeness (QED) is 0.808. The third-order valence-corrected chi connectivity index (χ3v) is 5.49. The summed E-state index contributed by atoms with van der Waals surface area (Å²) in [6, 6.07) is 14.4. The zero-order valence-electron chi connectivity index (χ0n) is 15.0. The maximum Gasteiger partial charge on any atom is 0.256 e. The van der Waals surface area contributed by atoms with E-state index in [9.17, 15) is 9.59 Å². The van der Waals surface area contributed by atoms with Crippen LogP contribution in [0.5, 0.6) is 0 Å². The third-order valence-electron chi connectivity index (χ3n) is 5.17. The number of nitrogens with one attached hydrogen (secondary N) is 1. The Morgan fingerprint density at radius 1 is 0.926 bits per heavy atom. The molecule has 0 saturated carbocycles. The van der Waals surface area contributed by atoms with E-state index in [0.29, 0.717) is 10.7 Å². The van der Waals surface area contributed by atoms with Crippen LogP contribution in [0.3, 0.4) is 0 Å². The van der Waals surface area contributed by atoms with Gasteiger partial charge in [0.2, 0.25) is 5.91 Å². The van der Waals surface area contributed by atoms with Crippen LogP contribution in [0, 0.1) is 0 Å². The lowest BCUT2D eigenvalue weighted by Crippen LogP contribution is -2.35. The van der Waals surface area contributed by atoms with Gasteiger partial charge < -0.3 is 10.2 Å². The van der Waals surface area contributed by atoms with E-state index in [2.05, 4.69) is 22.3 Å². The number of imide groups is 1. The number of hydrogen-bond donors (Lipinski definition) is 1. The average Bonchev–Trinajstić information content (AvgIpc) is 2.97. The number of para-hydroxylation sites is 1. The SMILES string of the molecule is O=C1C[C@H](Nc2ccc(N3CCCCC3)cc2)C(=O)N1c1ccccc1Cl. The summed E-state index contributed by atoms with van der Waals surface area (Å²) in [6.45, 7) is 2.18. The molecule has 2 aliphatic rings. The van der Waals surface area contributed by atoms with Crippen LogP contribution in [-0.2, 0) is 9.59 Å². The predicted molar refractivity (Wildman–Crippen MR) is 108 cm³/mol. The molecule has 2 aromatic rings. The molecule has 0 spiro atoms. The van der Waals surface area contributed by atoms with Crippen molar-refractivity contribution in [3.8, 4) is 0 Å². The molecule has 2 aromatic carbocycles. The van der Waals surface area contributed by atoms with E-state index in [4.69, 9.17) is 11.6 Å². The van der Waals surface area contributed by atoms with Crippen molar-refractivity contribution in [2.24, 2.45) is 0 Å². The van der Waals surface area contributed by atoms with Crippen LogP contribution in [0.1, 0.15) is 25.7 Å². The van der Waals surface area contributed by atoms with Crippen LogP contribution in [0.4, 0.5) is 17.1 Å². The van der Waals surface area contributed by atoms with Crippen LogP contribution in [0.15, 0.2) is 48.5 Å². The molecule has 4 rings (SSSR count). The maximum atomic E-state index is 12.8. The first-order valence-corrected chi connectivity index (χ1v) is 9.74. The number of nitrogens with zero attached hydrogens (tertiary/aromatic N) is 2. The van der Waals surface area contributed by atoms with Gasteiger partial charge in [0.15, 0.2) is 0 Å². The Bertz CT molecular complexity index is 847. The lowest BCUT2D eigenvalue weighted by molar-refractivity contribution is -0.121. The molecule has 2 heterocycles. The van der Waals surface area contributed by atoms with E-state index in [1.54, 1.807) is 24.3 Å². The first kappa shape index (κ1) is 17.9. The standard InChI is InChI=1S/C21H22ClN3O2/c22-17-6-2-3-7-19(17)25-20(26)14-18(21(25)27)23-15-8-10-16(11-9-15)24-12-4-1-5-13-24/h2-3,6-11,18,23H,1,4-5,12-14H2/t18-/m0/s1. The van der Waals surface area contributed by atoms with Gasteiger partial charge in [0.25, 0.3) is 5.91 Å². The molecular formula is C21H22ClN3O2. The Kier molecular flexibility index (Phi) is 5.03. The van der Waals surface area contributed by atoms with Gasteiger partial charge in [-0.25, -0.2) is 4.90 Å². The van der Waals surface area contributed by atoms with E-state index in [1.165, 1.54) is 29.8 Å². The normalized spacial score (nSPS) is 20.3. The molecule has 2 saturated heterocycles. The molecule has 0 aromatic heterocycles. The Labute approximate surface area is 163 Å². The van der Waals surface area contributed by atoms with Crippen LogP contribution in [-0.4, -0.2) is 30.9 Å². The van der Waals surface area contributed by atoms with Crippen LogP contribution in [0.25, 0.3) is 0 Å². The summed E-state index contributed by atoms with van der Waals surface area (Å²) in [4.78, 5) is 28.7. The zero-order chi connectivity index (χ0) is 18.8. The van der Waals surface area contributed by atoms with Gasteiger partial charge in [0.1, 0.15) is 6.04 Å². The fourth-order valence-corrected chi connectivity index (χ4v) is 3.97. The molecule has 1 atom stereocenters. The minimum absolute atomic E-state index is 0.123. The fraction of sp³-hybridized carbons (Fsp3) is 0.333. The number of benzene rings is 2. The Morgan fingerprint density at radius 2 is 1.63 bits per heavy atom. The van der Waals surface area contributed by atoms with Crippen molar-refractivity contribution < 1.29 is 9.59 Å². The lowest BCUT2D eigenvalue weighted by atomic mass is 10.1. The third kappa shape index (κ3) is 3.65. The molecule has 0 aliphatic carbocycles. The Hall–Kier alpha value is -2.53. The largest absolute Gasteiger partial charge is 0.373 e. The van der Waals surface area contributed by atoms with Crippen molar-refractivity contribution in [1.82, 2.24) is 0 Å². The number of piperidine rings is 1. The second-order valence-electron chi connectivity index (χ2n) is 7.01. The first-order valence-electron chi connectivity index (χ1n) is 9.36. The summed E-state index contributed by atoms with van der Waals surface area (Å²) in [6.07, 6.45) is 3.89. The number of carbonyl (C=O) groups is 2. The highest BCUT2D eigenvalue weighted by atomic mass is 35.5. The van der Waals surface area contributed by atoms with E-state index in [0.717, 1.165) is 18.8 Å². The Morgan fingerprint density at radius 3 is 2.33 bits per heavy atom. The molecule has 1 N–H and O–H groups in total. The number of carbonyl (C=O) groups excluding carboxylic acids is 2. The van der Waals surface area contributed by atoms with Crippen molar-refractivity contribution in [1.29, 1.82) is 0 Å². The molecular weight excluding hydrogens is 362 g/mol. The van der Waals surface area contributed by atoms with Crippen LogP contribution >= 0.6 is 11.6 Å². The average molecular weight is 384 g/mol. The van der Waals surface area contributed by atoms with E-state index < -0.39 is 6.04 Å². The molecule has 2 amide bonds. The first-order chi connectivity index (χ1) is 13.1. The van der Waals surface area contributed by atoms with Crippen molar-refractivity contribution in [2.45, 2.75) is 31.7 Å². The second kappa shape index (κ2) is 7.61. The van der Waals surface area contributed by atoms with Crippen molar-refractivity contribution in [2.75, 3.05) is 28.2 Å². The molecule has 6 heteroatoms. The van der Waals surface area contributed by atoms with Gasteiger partial charge >= 0.3 is 0 Å². The highest BCUT2D eigenvalue weighted by molar-refractivity contribution is 6.36. The zero-order valence-corrected chi connectivity index (χ0v) is 15.8.